The van der Waals surface area contributed by atoms with Crippen LogP contribution in [0.2, 0.25) is 0 Å². The third kappa shape index (κ3) is 0.878. The molecular formula is C8H10N2O. The van der Waals surface area contributed by atoms with Crippen LogP contribution < -0.4 is 0 Å². The third-order valence-electron chi connectivity index (χ3n) is 2.14. The highest BCUT2D eigenvalue weighted by Crippen LogP contribution is 2.22. The topological polar surface area (TPSA) is 45.8 Å². The van der Waals surface area contributed by atoms with Crippen LogP contribution in [0.15, 0.2) is 0 Å². The van der Waals surface area contributed by atoms with Crippen LogP contribution in [0.1, 0.15) is 35.1 Å². The number of hydrogen-bond donors (Lipinski definition) is 1. The lowest BCUT2D eigenvalue weighted by Crippen LogP contribution is -1.96. The molecule has 0 aliphatic heterocycles. The molecule has 1 heterocycles. The van der Waals surface area contributed by atoms with Crippen molar-refractivity contribution in [2.24, 2.45) is 0 Å². The molecule has 0 saturated carbocycles. The van der Waals surface area contributed by atoms with Gasteiger partial charge in [0.05, 0.1) is 0 Å². The molecule has 3 heteroatoms. The summed E-state index contributed by atoms with van der Waals surface area (Å²) < 4.78 is 0. The van der Waals surface area contributed by atoms with Crippen LogP contribution in [0.3, 0.4) is 0 Å². The van der Waals surface area contributed by atoms with E-state index in [1.165, 1.54) is 0 Å². The monoisotopic (exact) mass is 150 g/mol. The molecule has 0 aromatic carbocycles. The Labute approximate surface area is 64.8 Å². The SMILES string of the molecule is CC(=O)c1n[nH]c2c1CCC2. The number of nitrogens with one attached hydrogen (secondary N) is 1. The van der Waals surface area contributed by atoms with Crippen molar-refractivity contribution in [3.8, 4) is 0 Å². The first-order valence-corrected chi connectivity index (χ1v) is 3.86. The molecule has 0 spiro atoms. The van der Waals surface area contributed by atoms with Crippen molar-refractivity contribution in [1.82, 2.24) is 10.2 Å². The molecule has 0 amide bonds. The van der Waals surface area contributed by atoms with Gasteiger partial charge in [-0.15, -0.1) is 0 Å². The number of aromatic amines is 1. The highest BCUT2D eigenvalue weighted by atomic mass is 16.1. The second-order valence-electron chi connectivity index (χ2n) is 2.94. The molecule has 1 aromatic rings. The van der Waals surface area contributed by atoms with Crippen molar-refractivity contribution in [3.05, 3.63) is 17.0 Å². The molecule has 2 rings (SSSR count). The Morgan fingerprint density at radius 3 is 3.09 bits per heavy atom. The average Bonchev–Trinajstić information content (AvgIpc) is 2.41. The van der Waals surface area contributed by atoms with E-state index in [1.54, 1.807) is 6.92 Å². The van der Waals surface area contributed by atoms with Gasteiger partial charge < -0.3 is 0 Å². The van der Waals surface area contributed by atoms with Crippen LogP contribution in [0, 0.1) is 0 Å². The number of Topliss-reactive ketones (excluding diaryl/α,β-unsaturated/α-hetero) is 1. The van der Waals surface area contributed by atoms with Gasteiger partial charge in [-0.05, 0) is 19.3 Å². The van der Waals surface area contributed by atoms with Crippen LogP contribution in [0.25, 0.3) is 0 Å². The fourth-order valence-corrected chi connectivity index (χ4v) is 1.61. The molecule has 0 saturated heterocycles. The predicted octanol–water partition coefficient (Wildman–Crippen LogP) is 1.10. The van der Waals surface area contributed by atoms with E-state index in [4.69, 9.17) is 0 Å². The number of carbonyl (C=O) groups excluding carboxylic acids is 1. The Morgan fingerprint density at radius 1 is 1.55 bits per heavy atom. The Morgan fingerprint density at radius 2 is 2.36 bits per heavy atom. The molecule has 1 aliphatic rings. The summed E-state index contributed by atoms with van der Waals surface area (Å²) in [6.45, 7) is 1.56. The normalized spacial score (nSPS) is 15.0. The van der Waals surface area contributed by atoms with Gasteiger partial charge in [-0.2, -0.15) is 5.10 Å². The van der Waals surface area contributed by atoms with Gasteiger partial charge in [0.2, 0.25) is 0 Å². The first-order chi connectivity index (χ1) is 5.29. The summed E-state index contributed by atoms with van der Waals surface area (Å²) in [7, 11) is 0. The molecular weight excluding hydrogens is 140 g/mol. The van der Waals surface area contributed by atoms with Crippen molar-refractivity contribution in [3.63, 3.8) is 0 Å². The molecule has 1 aromatic heterocycles. The Bertz CT molecular complexity index is 301. The fourth-order valence-electron chi connectivity index (χ4n) is 1.61. The number of hydrogen-bond acceptors (Lipinski definition) is 2. The van der Waals surface area contributed by atoms with Gasteiger partial charge in [0.1, 0.15) is 5.69 Å². The zero-order valence-corrected chi connectivity index (χ0v) is 6.48. The molecule has 0 bridgehead atoms. The van der Waals surface area contributed by atoms with Gasteiger partial charge in [0, 0.05) is 18.2 Å². The number of H-pyrrole nitrogens is 1. The Kier molecular flexibility index (Phi) is 1.31. The number of ketones is 1. The minimum Gasteiger partial charge on any atom is -0.293 e. The quantitative estimate of drug-likeness (QED) is 0.609. The fraction of sp³-hybridized carbons (Fsp3) is 0.500. The maximum atomic E-state index is 11.0. The van der Waals surface area contributed by atoms with Gasteiger partial charge in [-0.1, -0.05) is 0 Å². The van der Waals surface area contributed by atoms with E-state index >= 15 is 0 Å². The van der Waals surface area contributed by atoms with E-state index in [0.29, 0.717) is 5.69 Å². The standard InChI is InChI=1S/C8H10N2O/c1-5(11)8-6-3-2-4-7(6)9-10-8/h2-4H2,1H3,(H,9,10). The van der Waals surface area contributed by atoms with Crippen molar-refractivity contribution < 1.29 is 4.79 Å². The molecule has 58 valence electrons. The summed E-state index contributed by atoms with van der Waals surface area (Å²) in [6, 6.07) is 0. The summed E-state index contributed by atoms with van der Waals surface area (Å²) in [6.07, 6.45) is 3.22. The predicted molar refractivity (Wildman–Crippen MR) is 40.6 cm³/mol. The summed E-state index contributed by atoms with van der Waals surface area (Å²) >= 11 is 0. The molecule has 3 nitrogen and oxygen atoms in total. The van der Waals surface area contributed by atoms with Crippen molar-refractivity contribution in [2.75, 3.05) is 0 Å². The minimum absolute atomic E-state index is 0.0735. The van der Waals surface area contributed by atoms with E-state index in [2.05, 4.69) is 10.2 Å². The average molecular weight is 150 g/mol. The number of rotatable bonds is 1. The molecule has 0 radical (unpaired) electrons. The van der Waals surface area contributed by atoms with E-state index in [9.17, 15) is 4.79 Å². The van der Waals surface area contributed by atoms with Crippen molar-refractivity contribution in [2.45, 2.75) is 26.2 Å². The van der Waals surface area contributed by atoms with E-state index < -0.39 is 0 Å². The lowest BCUT2D eigenvalue weighted by Gasteiger charge is -1.89. The summed E-state index contributed by atoms with van der Waals surface area (Å²) in [5.41, 5.74) is 2.96. The molecule has 1 N–H and O–H groups in total. The zero-order valence-electron chi connectivity index (χ0n) is 6.48. The highest BCUT2D eigenvalue weighted by Gasteiger charge is 2.20. The second-order valence-corrected chi connectivity index (χ2v) is 2.94. The van der Waals surface area contributed by atoms with E-state index in [0.717, 1.165) is 30.5 Å². The molecule has 11 heavy (non-hydrogen) atoms. The van der Waals surface area contributed by atoms with Crippen molar-refractivity contribution >= 4 is 5.78 Å². The zero-order chi connectivity index (χ0) is 7.84. The summed E-state index contributed by atoms with van der Waals surface area (Å²) in [5.74, 6) is 0.0735. The van der Waals surface area contributed by atoms with E-state index in [-0.39, 0.29) is 5.78 Å². The number of aromatic nitrogens is 2. The Hall–Kier alpha value is -1.12. The minimum atomic E-state index is 0.0735. The lowest BCUT2D eigenvalue weighted by molar-refractivity contribution is 0.101. The van der Waals surface area contributed by atoms with Gasteiger partial charge in [-0.3, -0.25) is 9.89 Å². The first-order valence-electron chi connectivity index (χ1n) is 3.86. The molecule has 0 fully saturated rings. The number of nitrogens with zero attached hydrogens (tertiary/aromatic N) is 1. The maximum absolute atomic E-state index is 11.0. The third-order valence-corrected chi connectivity index (χ3v) is 2.14. The number of aryl methyl sites for hydroxylation is 1. The first kappa shape index (κ1) is 6.58. The van der Waals surface area contributed by atoms with Crippen LogP contribution >= 0.6 is 0 Å². The molecule has 0 unspecified atom stereocenters. The van der Waals surface area contributed by atoms with Crippen LogP contribution in [-0.2, 0) is 12.8 Å². The van der Waals surface area contributed by atoms with Gasteiger partial charge in [0.15, 0.2) is 5.78 Å². The molecule has 0 atom stereocenters. The molecule has 1 aliphatic carbocycles. The largest absolute Gasteiger partial charge is 0.293 e. The number of carbonyl (C=O) groups is 1. The van der Waals surface area contributed by atoms with Gasteiger partial charge in [-0.25, -0.2) is 0 Å². The smallest absolute Gasteiger partial charge is 0.180 e. The number of fused-ring (bicyclic) bond motifs is 1. The summed E-state index contributed by atoms with van der Waals surface area (Å²) in [4.78, 5) is 11.0. The van der Waals surface area contributed by atoms with Crippen molar-refractivity contribution in [1.29, 1.82) is 0 Å². The highest BCUT2D eigenvalue weighted by molar-refractivity contribution is 5.93. The second kappa shape index (κ2) is 2.19. The van der Waals surface area contributed by atoms with Crippen LogP contribution in [0.4, 0.5) is 0 Å². The van der Waals surface area contributed by atoms with E-state index in [1.807, 2.05) is 0 Å². The van der Waals surface area contributed by atoms with Crippen LogP contribution in [-0.4, -0.2) is 16.0 Å². The van der Waals surface area contributed by atoms with Crippen LogP contribution in [0.5, 0.6) is 0 Å². The van der Waals surface area contributed by atoms with Gasteiger partial charge in [0.25, 0.3) is 0 Å². The Balaban J connectivity index is 2.50. The maximum Gasteiger partial charge on any atom is 0.180 e. The lowest BCUT2D eigenvalue weighted by atomic mass is 10.1. The summed E-state index contributed by atoms with van der Waals surface area (Å²) in [5, 5.41) is 6.86. The van der Waals surface area contributed by atoms with Gasteiger partial charge >= 0.3 is 0 Å².